The summed E-state index contributed by atoms with van der Waals surface area (Å²) < 4.78 is 6.71. The van der Waals surface area contributed by atoms with Gasteiger partial charge in [-0.1, -0.05) is 29.8 Å². The van der Waals surface area contributed by atoms with Crippen LogP contribution in [0.4, 0.5) is 0 Å². The fraction of sp³-hybridized carbons (Fsp3) is 0.111. The van der Waals surface area contributed by atoms with Gasteiger partial charge in [-0.3, -0.25) is 4.79 Å². The lowest BCUT2D eigenvalue weighted by atomic mass is 10.1. The molecule has 4 aromatic rings. The molecule has 1 N–H and O–H groups in total. The van der Waals surface area contributed by atoms with E-state index in [-0.39, 0.29) is 18.2 Å². The predicted octanol–water partition coefficient (Wildman–Crippen LogP) is 2.62. The zero-order valence-corrected chi connectivity index (χ0v) is 13.5. The van der Waals surface area contributed by atoms with Gasteiger partial charge in [-0.15, -0.1) is 10.2 Å². The van der Waals surface area contributed by atoms with Crippen LogP contribution in [0.15, 0.2) is 59.2 Å². The van der Waals surface area contributed by atoms with Gasteiger partial charge in [0.2, 0.25) is 0 Å². The van der Waals surface area contributed by atoms with Crippen LogP contribution in [-0.4, -0.2) is 25.7 Å². The van der Waals surface area contributed by atoms with Gasteiger partial charge in [-0.2, -0.15) is 9.61 Å². The monoisotopic (exact) mass is 333 g/mol. The van der Waals surface area contributed by atoms with Crippen molar-refractivity contribution in [3.63, 3.8) is 0 Å². The first-order chi connectivity index (χ1) is 12.2. The minimum absolute atomic E-state index is 0.199. The highest BCUT2D eigenvalue weighted by Crippen LogP contribution is 2.18. The Morgan fingerprint density at radius 1 is 1.12 bits per heavy atom. The molecule has 3 heterocycles. The maximum Gasteiger partial charge on any atom is 0.287 e. The van der Waals surface area contributed by atoms with E-state index in [2.05, 4.69) is 20.6 Å². The van der Waals surface area contributed by atoms with E-state index < -0.39 is 0 Å². The smallest absolute Gasteiger partial charge is 0.287 e. The molecular formula is C18H15N5O2. The van der Waals surface area contributed by atoms with Gasteiger partial charge >= 0.3 is 0 Å². The van der Waals surface area contributed by atoms with Gasteiger partial charge in [0, 0.05) is 5.56 Å². The molecule has 1 aromatic carbocycles. The molecule has 7 nitrogen and oxygen atoms in total. The Morgan fingerprint density at radius 3 is 2.72 bits per heavy atom. The molecule has 3 aromatic heterocycles. The van der Waals surface area contributed by atoms with Crippen molar-refractivity contribution in [2.75, 3.05) is 0 Å². The molecule has 7 heteroatoms. The number of amides is 1. The minimum atomic E-state index is -0.309. The summed E-state index contributed by atoms with van der Waals surface area (Å²) in [5.41, 5.74) is 3.63. The molecule has 0 radical (unpaired) electrons. The van der Waals surface area contributed by atoms with Crippen molar-refractivity contribution in [2.45, 2.75) is 13.5 Å². The number of aryl methyl sites for hydroxylation is 1. The molecule has 0 aliphatic rings. The van der Waals surface area contributed by atoms with Gasteiger partial charge in [0.05, 0.1) is 18.5 Å². The van der Waals surface area contributed by atoms with Crippen LogP contribution in [0.1, 0.15) is 21.9 Å². The number of carbonyl (C=O) groups excluding carboxylic acids is 1. The molecule has 0 atom stereocenters. The molecule has 0 unspecified atom stereocenters. The molecule has 0 aliphatic heterocycles. The molecule has 124 valence electrons. The number of carbonyl (C=O) groups is 1. The molecule has 1 amide bonds. The van der Waals surface area contributed by atoms with Gasteiger partial charge in [0.1, 0.15) is 0 Å². The predicted molar refractivity (Wildman–Crippen MR) is 90.8 cm³/mol. The summed E-state index contributed by atoms with van der Waals surface area (Å²) in [6.07, 6.45) is 1.46. The number of fused-ring (bicyclic) bond motifs is 1. The molecule has 0 spiro atoms. The van der Waals surface area contributed by atoms with Crippen LogP contribution in [0, 0.1) is 6.92 Å². The number of nitrogens with zero attached hydrogens (tertiary/aromatic N) is 4. The molecule has 25 heavy (non-hydrogen) atoms. The van der Waals surface area contributed by atoms with E-state index in [1.807, 2.05) is 43.3 Å². The summed E-state index contributed by atoms with van der Waals surface area (Å²) in [5.74, 6) is 0.488. The Balaban J connectivity index is 1.60. The van der Waals surface area contributed by atoms with E-state index in [9.17, 15) is 4.79 Å². The number of nitrogens with one attached hydrogen (secondary N) is 1. The summed E-state index contributed by atoms with van der Waals surface area (Å²) in [5, 5.41) is 15.5. The summed E-state index contributed by atoms with van der Waals surface area (Å²) in [6, 6.07) is 15.1. The zero-order chi connectivity index (χ0) is 17.2. The molecule has 0 saturated heterocycles. The van der Waals surface area contributed by atoms with Crippen molar-refractivity contribution in [1.82, 2.24) is 25.1 Å². The van der Waals surface area contributed by atoms with Crippen molar-refractivity contribution in [3.8, 4) is 11.3 Å². The second kappa shape index (κ2) is 6.20. The Labute approximate surface area is 143 Å². The summed E-state index contributed by atoms with van der Waals surface area (Å²) >= 11 is 0. The third-order valence-electron chi connectivity index (χ3n) is 3.83. The van der Waals surface area contributed by atoms with Crippen LogP contribution in [0.3, 0.4) is 0 Å². The summed E-state index contributed by atoms with van der Waals surface area (Å²) in [6.45, 7) is 2.24. The van der Waals surface area contributed by atoms with Gasteiger partial charge in [0.15, 0.2) is 17.2 Å². The standard InChI is InChI=1S/C18H15N5O2/c1-12-4-6-13(7-5-12)14-8-9-16-20-21-17(23(16)22-14)11-19-18(24)15-3-2-10-25-15/h2-10H,11H2,1H3,(H,19,24). The van der Waals surface area contributed by atoms with Crippen molar-refractivity contribution < 1.29 is 9.21 Å². The highest BCUT2D eigenvalue weighted by molar-refractivity contribution is 5.91. The van der Waals surface area contributed by atoms with Crippen LogP contribution in [0.2, 0.25) is 0 Å². The fourth-order valence-corrected chi connectivity index (χ4v) is 2.48. The van der Waals surface area contributed by atoms with Gasteiger partial charge in [0.25, 0.3) is 5.91 Å². The molecule has 0 saturated carbocycles. The van der Waals surface area contributed by atoms with Crippen molar-refractivity contribution in [3.05, 3.63) is 71.9 Å². The maximum atomic E-state index is 12.0. The second-order valence-electron chi connectivity index (χ2n) is 5.63. The lowest BCUT2D eigenvalue weighted by Gasteiger charge is -2.04. The van der Waals surface area contributed by atoms with E-state index in [1.54, 1.807) is 16.6 Å². The first-order valence-corrected chi connectivity index (χ1v) is 7.81. The number of benzene rings is 1. The third kappa shape index (κ3) is 2.99. The maximum absolute atomic E-state index is 12.0. The van der Waals surface area contributed by atoms with E-state index in [0.717, 1.165) is 11.3 Å². The van der Waals surface area contributed by atoms with Crippen molar-refractivity contribution in [1.29, 1.82) is 0 Å². The quantitative estimate of drug-likeness (QED) is 0.620. The first-order valence-electron chi connectivity index (χ1n) is 7.81. The number of rotatable bonds is 4. The summed E-state index contributed by atoms with van der Waals surface area (Å²) in [4.78, 5) is 12.0. The Morgan fingerprint density at radius 2 is 1.96 bits per heavy atom. The summed E-state index contributed by atoms with van der Waals surface area (Å²) in [7, 11) is 0. The van der Waals surface area contributed by atoms with Crippen LogP contribution >= 0.6 is 0 Å². The van der Waals surface area contributed by atoms with E-state index in [4.69, 9.17) is 4.42 Å². The normalized spacial score (nSPS) is 10.9. The zero-order valence-electron chi connectivity index (χ0n) is 13.5. The highest BCUT2D eigenvalue weighted by atomic mass is 16.3. The van der Waals surface area contributed by atoms with Crippen LogP contribution in [0.25, 0.3) is 16.9 Å². The highest BCUT2D eigenvalue weighted by Gasteiger charge is 2.12. The largest absolute Gasteiger partial charge is 0.459 e. The van der Waals surface area contributed by atoms with Gasteiger partial charge in [-0.25, -0.2) is 0 Å². The lowest BCUT2D eigenvalue weighted by Crippen LogP contribution is -2.23. The van der Waals surface area contributed by atoms with Crippen LogP contribution < -0.4 is 5.32 Å². The molecule has 4 rings (SSSR count). The van der Waals surface area contributed by atoms with E-state index in [0.29, 0.717) is 11.5 Å². The molecule has 0 fully saturated rings. The lowest BCUT2D eigenvalue weighted by molar-refractivity contribution is 0.0922. The Bertz CT molecular complexity index is 1020. The molecule has 0 bridgehead atoms. The second-order valence-corrected chi connectivity index (χ2v) is 5.63. The number of aromatic nitrogens is 4. The van der Waals surface area contributed by atoms with Crippen LogP contribution in [-0.2, 0) is 6.54 Å². The van der Waals surface area contributed by atoms with E-state index in [1.165, 1.54) is 11.8 Å². The topological polar surface area (TPSA) is 85.3 Å². The number of furan rings is 1. The molecular weight excluding hydrogens is 318 g/mol. The third-order valence-corrected chi connectivity index (χ3v) is 3.83. The average Bonchev–Trinajstić information content (AvgIpc) is 3.30. The number of hydrogen-bond donors (Lipinski definition) is 1. The first kappa shape index (κ1) is 15.1. The van der Waals surface area contributed by atoms with Crippen molar-refractivity contribution >= 4 is 11.6 Å². The number of hydrogen-bond acceptors (Lipinski definition) is 5. The SMILES string of the molecule is Cc1ccc(-c2ccc3nnc(CNC(=O)c4ccco4)n3n2)cc1. The van der Waals surface area contributed by atoms with Crippen molar-refractivity contribution in [2.24, 2.45) is 0 Å². The van der Waals surface area contributed by atoms with E-state index >= 15 is 0 Å². The molecule has 0 aliphatic carbocycles. The Kier molecular flexibility index (Phi) is 3.74. The average molecular weight is 333 g/mol. The minimum Gasteiger partial charge on any atom is -0.459 e. The van der Waals surface area contributed by atoms with Gasteiger partial charge < -0.3 is 9.73 Å². The Hall–Kier alpha value is -3.48. The van der Waals surface area contributed by atoms with Gasteiger partial charge in [-0.05, 0) is 31.2 Å². The van der Waals surface area contributed by atoms with Crippen LogP contribution in [0.5, 0.6) is 0 Å². The fourth-order valence-electron chi connectivity index (χ4n) is 2.48.